The number of amidine groups is 1. The molecule has 0 spiro atoms. The van der Waals surface area contributed by atoms with E-state index in [1.807, 2.05) is 17.9 Å². The maximum atomic E-state index is 14.3. The predicted octanol–water partition coefficient (Wildman–Crippen LogP) is 2.44. The van der Waals surface area contributed by atoms with Crippen LogP contribution in [0.25, 0.3) is 0 Å². The Labute approximate surface area is 278 Å². The number of hydrazine groups is 1. The topological polar surface area (TPSA) is 141 Å². The molecule has 18 heteroatoms. The molecule has 5 heterocycles. The lowest BCUT2D eigenvalue weighted by atomic mass is 10.1. The molecule has 6 rings (SSSR count). The van der Waals surface area contributed by atoms with Crippen LogP contribution in [-0.4, -0.2) is 110 Å². The zero-order valence-corrected chi connectivity index (χ0v) is 27.0. The van der Waals surface area contributed by atoms with E-state index < -0.39 is 23.4 Å². The Bertz CT molecular complexity index is 1690. The summed E-state index contributed by atoms with van der Waals surface area (Å²) in [5.41, 5.74) is 4.03. The lowest BCUT2D eigenvalue weighted by Gasteiger charge is -2.50. The van der Waals surface area contributed by atoms with E-state index in [0.717, 1.165) is 23.8 Å². The van der Waals surface area contributed by atoms with E-state index >= 15 is 0 Å². The fraction of sp³-hybridized carbons (Fsp3) is 0.467. The highest BCUT2D eigenvalue weighted by molar-refractivity contribution is 6.33. The van der Waals surface area contributed by atoms with Crippen molar-refractivity contribution in [1.29, 1.82) is 0 Å². The van der Waals surface area contributed by atoms with E-state index in [2.05, 4.69) is 20.8 Å². The number of piperazine rings is 1. The van der Waals surface area contributed by atoms with Gasteiger partial charge in [-0.2, -0.15) is 18.3 Å². The zero-order valence-electron chi connectivity index (χ0n) is 26.3. The van der Waals surface area contributed by atoms with Crippen LogP contribution in [0.5, 0.6) is 0 Å². The van der Waals surface area contributed by atoms with E-state index in [4.69, 9.17) is 21.3 Å². The predicted molar refractivity (Wildman–Crippen MR) is 167 cm³/mol. The minimum atomic E-state index is -4.59. The Kier molecular flexibility index (Phi) is 9.08. The van der Waals surface area contributed by atoms with E-state index in [0.29, 0.717) is 69.5 Å². The molecule has 1 atom stereocenters. The summed E-state index contributed by atoms with van der Waals surface area (Å²) in [6.07, 6.45) is 1.04. The lowest BCUT2D eigenvalue weighted by molar-refractivity contribution is -0.150. The first kappa shape index (κ1) is 33.3. The number of hydrogen-bond acceptors (Lipinski definition) is 10. The van der Waals surface area contributed by atoms with Crippen LogP contribution < -0.4 is 10.7 Å². The highest BCUT2D eigenvalue weighted by Gasteiger charge is 2.54. The number of aliphatic imine (C=N–C) groups is 1. The molecule has 48 heavy (non-hydrogen) atoms. The van der Waals surface area contributed by atoms with Gasteiger partial charge in [0.15, 0.2) is 0 Å². The molecule has 0 radical (unpaired) electrons. The van der Waals surface area contributed by atoms with Gasteiger partial charge in [0.25, 0.3) is 5.91 Å². The number of nitrogens with zero attached hydrogens (tertiary/aromatic N) is 8. The Morgan fingerprint density at radius 2 is 1.94 bits per heavy atom. The van der Waals surface area contributed by atoms with E-state index in [-0.39, 0.29) is 35.6 Å². The number of alkyl halides is 3. The van der Waals surface area contributed by atoms with Crippen LogP contribution in [0.1, 0.15) is 32.3 Å². The van der Waals surface area contributed by atoms with Gasteiger partial charge in [0.1, 0.15) is 37.3 Å². The molecule has 0 bridgehead atoms. The maximum Gasteiger partial charge on any atom is 0.416 e. The number of aromatic nitrogens is 3. The number of allylic oxidation sites excluding steroid dienone is 1. The number of nitrogens with one attached hydrogen (secondary N) is 2. The summed E-state index contributed by atoms with van der Waals surface area (Å²) in [5.74, 6) is -1.93. The monoisotopic (exact) mass is 690 g/mol. The number of ether oxygens (including phenoxy) is 1. The normalized spacial score (nSPS) is 21.6. The Morgan fingerprint density at radius 1 is 1.17 bits per heavy atom. The molecular weight excluding hydrogens is 657 g/mol. The summed E-state index contributed by atoms with van der Waals surface area (Å²) in [7, 11) is 0. The number of anilines is 1. The summed E-state index contributed by atoms with van der Waals surface area (Å²) in [6, 6.07) is 2.70. The number of carbonyl (C=O) groups excluding carboxylic acids is 3. The lowest BCUT2D eigenvalue weighted by Crippen LogP contribution is -2.66. The van der Waals surface area contributed by atoms with E-state index in [9.17, 15) is 27.6 Å². The fourth-order valence-corrected chi connectivity index (χ4v) is 6.43. The van der Waals surface area contributed by atoms with Crippen molar-refractivity contribution in [3.05, 3.63) is 64.5 Å². The highest BCUT2D eigenvalue weighted by Crippen LogP contribution is 2.40. The largest absolute Gasteiger partial charge is 0.416 e. The highest BCUT2D eigenvalue weighted by atomic mass is 35.5. The summed E-state index contributed by atoms with van der Waals surface area (Å²) in [4.78, 5) is 54.9. The van der Waals surface area contributed by atoms with E-state index in [1.165, 1.54) is 22.3 Å². The minimum absolute atomic E-state index is 0.0137. The molecule has 14 nitrogen and oxygen atoms in total. The number of benzene rings is 1. The third-order valence-electron chi connectivity index (χ3n) is 8.67. The van der Waals surface area contributed by atoms with Crippen LogP contribution in [0, 0.1) is 0 Å². The molecule has 1 unspecified atom stereocenters. The average Bonchev–Trinajstić information content (AvgIpc) is 3.71. The van der Waals surface area contributed by atoms with Crippen LogP contribution in [-0.2, 0) is 31.8 Å². The van der Waals surface area contributed by atoms with Crippen LogP contribution >= 0.6 is 11.6 Å². The van der Waals surface area contributed by atoms with Gasteiger partial charge in [0, 0.05) is 38.8 Å². The van der Waals surface area contributed by atoms with Crippen molar-refractivity contribution in [1.82, 2.24) is 39.9 Å². The Balaban J connectivity index is 1.28. The second-order valence-electron chi connectivity index (χ2n) is 11.7. The Morgan fingerprint density at radius 3 is 2.56 bits per heavy atom. The average molecular weight is 691 g/mol. The van der Waals surface area contributed by atoms with Crippen LogP contribution in [0.3, 0.4) is 0 Å². The molecule has 1 saturated heterocycles. The molecule has 1 aromatic carbocycles. The van der Waals surface area contributed by atoms with Gasteiger partial charge in [-0.25, -0.2) is 19.7 Å². The smallest absolute Gasteiger partial charge is 0.377 e. The maximum absolute atomic E-state index is 14.3. The zero-order chi connectivity index (χ0) is 34.2. The van der Waals surface area contributed by atoms with Gasteiger partial charge in [0.2, 0.25) is 17.6 Å². The van der Waals surface area contributed by atoms with Crippen molar-refractivity contribution in [2.45, 2.75) is 45.2 Å². The molecule has 4 aliphatic heterocycles. The number of fused-ring (bicyclic) bond motifs is 1. The molecule has 2 N–H and O–H groups in total. The molecule has 0 saturated carbocycles. The third kappa shape index (κ3) is 6.43. The molecule has 4 aliphatic rings. The first-order chi connectivity index (χ1) is 22.9. The van der Waals surface area contributed by atoms with Crippen molar-refractivity contribution in [2.75, 3.05) is 51.3 Å². The van der Waals surface area contributed by atoms with Crippen molar-refractivity contribution in [2.24, 2.45) is 4.99 Å². The van der Waals surface area contributed by atoms with Crippen molar-refractivity contribution < 1.29 is 32.3 Å². The Hall–Kier alpha value is -4.64. The molecule has 256 valence electrons. The van der Waals surface area contributed by atoms with Crippen LogP contribution in [0.2, 0.25) is 5.02 Å². The second-order valence-corrected chi connectivity index (χ2v) is 12.1. The van der Waals surface area contributed by atoms with Gasteiger partial charge < -0.3 is 24.8 Å². The second kappa shape index (κ2) is 13.1. The van der Waals surface area contributed by atoms with Crippen molar-refractivity contribution in [3.63, 3.8) is 0 Å². The third-order valence-corrected chi connectivity index (χ3v) is 8.98. The molecule has 1 aromatic heterocycles. The number of halogens is 4. The number of rotatable bonds is 8. The summed E-state index contributed by atoms with van der Waals surface area (Å²) in [6.45, 7) is 5.63. The summed E-state index contributed by atoms with van der Waals surface area (Å²) < 4.78 is 46.5. The molecular formula is C30H34ClF3N10O4. The standard InChI is InChI=1S/C30H34ClF3N10O4/c1-3-23-26(41-10-8-40(9-11-41)25(46)16-42-18-35-17-36-42)28(47)44-29(2,38-27(39-44)19-6-12-48-13-7-19)43(23)15-24(45)37-22-5-4-20(14-21(22)31)30(32,33)34/h4-6,14,17-18H,3,7-13,15-16H2,1-2H3,(H,37,45)(H,38,39). The molecule has 2 aromatic rings. The number of carbonyl (C=O) groups is 3. The van der Waals surface area contributed by atoms with Gasteiger partial charge >= 0.3 is 6.18 Å². The first-order valence-electron chi connectivity index (χ1n) is 15.4. The molecule has 0 aliphatic carbocycles. The fourth-order valence-electron chi connectivity index (χ4n) is 6.20. The van der Waals surface area contributed by atoms with Crippen molar-refractivity contribution >= 4 is 40.8 Å². The molecule has 1 fully saturated rings. The number of amides is 3. The van der Waals surface area contributed by atoms with Gasteiger partial charge in [-0.1, -0.05) is 24.6 Å². The minimum Gasteiger partial charge on any atom is -0.377 e. The molecule has 3 amide bonds. The summed E-state index contributed by atoms with van der Waals surface area (Å²) >= 11 is 6.14. The van der Waals surface area contributed by atoms with Crippen LogP contribution in [0.15, 0.2) is 58.9 Å². The van der Waals surface area contributed by atoms with Crippen molar-refractivity contribution in [3.8, 4) is 0 Å². The first-order valence-corrected chi connectivity index (χ1v) is 15.8. The quantitative estimate of drug-likeness (QED) is 0.428. The van der Waals surface area contributed by atoms with Gasteiger partial charge in [-0.3, -0.25) is 19.8 Å². The number of hydrogen-bond donors (Lipinski definition) is 2. The van der Waals surface area contributed by atoms with Gasteiger partial charge in [-0.15, -0.1) is 0 Å². The van der Waals surface area contributed by atoms with Gasteiger partial charge in [-0.05, 0) is 36.6 Å². The van der Waals surface area contributed by atoms with E-state index in [1.54, 1.807) is 16.7 Å². The SMILES string of the molecule is CCC1=C(N2CCN(C(=O)Cn3cncn3)CC2)C(=O)N2NC(C3=CCOCC3)=NC2(C)N1CC(=O)Nc1ccc(C(F)(F)F)cc1Cl. The van der Waals surface area contributed by atoms with Gasteiger partial charge in [0.05, 0.1) is 29.5 Å². The summed E-state index contributed by atoms with van der Waals surface area (Å²) in [5, 5.41) is 7.75. The van der Waals surface area contributed by atoms with Crippen LogP contribution in [0.4, 0.5) is 18.9 Å².